The number of carbonyl (C=O) groups excluding carboxylic acids is 1. The van der Waals surface area contributed by atoms with Crippen LogP contribution in [0.4, 0.5) is 11.4 Å². The number of nitrogens with one attached hydrogen (secondary N) is 2. The summed E-state index contributed by atoms with van der Waals surface area (Å²) in [5.41, 5.74) is 0.872. The molecule has 1 amide bonds. The number of nitro groups is 1. The van der Waals surface area contributed by atoms with E-state index in [0.717, 1.165) is 31.6 Å². The molecule has 0 aromatic heterocycles. The maximum absolute atomic E-state index is 11.7. The third-order valence-electron chi connectivity index (χ3n) is 4.06. The summed E-state index contributed by atoms with van der Waals surface area (Å²) in [5.74, 6) is 0.473. The second kappa shape index (κ2) is 6.56. The second-order valence-electron chi connectivity index (χ2n) is 5.67. The van der Waals surface area contributed by atoms with E-state index in [9.17, 15) is 14.9 Å². The van der Waals surface area contributed by atoms with Crippen molar-refractivity contribution in [1.82, 2.24) is 5.32 Å². The molecule has 0 radical (unpaired) electrons. The number of nitro benzene ring substituents is 1. The van der Waals surface area contributed by atoms with Crippen molar-refractivity contribution in [3.8, 4) is 0 Å². The zero-order chi connectivity index (χ0) is 15.4. The minimum Gasteiger partial charge on any atom is -0.377 e. The van der Waals surface area contributed by atoms with Gasteiger partial charge in [-0.05, 0) is 43.7 Å². The van der Waals surface area contributed by atoms with E-state index in [-0.39, 0.29) is 17.6 Å². The van der Waals surface area contributed by atoms with Gasteiger partial charge in [-0.3, -0.25) is 14.9 Å². The van der Waals surface area contributed by atoms with E-state index < -0.39 is 4.92 Å². The summed E-state index contributed by atoms with van der Waals surface area (Å²) >= 11 is 0. The van der Waals surface area contributed by atoms with Gasteiger partial charge in [0.05, 0.1) is 4.92 Å². The molecule has 0 spiro atoms. The van der Waals surface area contributed by atoms with Gasteiger partial charge in [0.2, 0.25) is 0 Å². The monoisotopic (exact) mass is 291 g/mol. The highest BCUT2D eigenvalue weighted by Gasteiger charge is 2.22. The lowest BCUT2D eigenvalue weighted by molar-refractivity contribution is -0.384. The molecule has 1 aromatic rings. The minimum absolute atomic E-state index is 0.0151. The van der Waals surface area contributed by atoms with Crippen molar-refractivity contribution in [2.24, 2.45) is 5.92 Å². The van der Waals surface area contributed by atoms with Crippen molar-refractivity contribution in [1.29, 1.82) is 0 Å². The normalized spacial score (nSPS) is 21.6. The molecule has 0 atom stereocenters. The van der Waals surface area contributed by atoms with E-state index in [1.807, 2.05) is 0 Å². The van der Waals surface area contributed by atoms with E-state index in [0.29, 0.717) is 11.3 Å². The van der Waals surface area contributed by atoms with Crippen LogP contribution in [0.5, 0.6) is 0 Å². The second-order valence-corrected chi connectivity index (χ2v) is 5.67. The summed E-state index contributed by atoms with van der Waals surface area (Å²) < 4.78 is 0. The van der Waals surface area contributed by atoms with Gasteiger partial charge < -0.3 is 10.6 Å². The number of anilines is 1. The lowest BCUT2D eigenvalue weighted by Crippen LogP contribution is -2.26. The van der Waals surface area contributed by atoms with Crippen LogP contribution in [0.15, 0.2) is 18.2 Å². The molecule has 6 nitrogen and oxygen atoms in total. The highest BCUT2D eigenvalue weighted by atomic mass is 16.6. The number of hydrogen-bond donors (Lipinski definition) is 2. The van der Waals surface area contributed by atoms with Gasteiger partial charge in [-0.25, -0.2) is 0 Å². The predicted octanol–water partition coefficient (Wildman–Crippen LogP) is 2.95. The molecular weight excluding hydrogens is 270 g/mol. The molecule has 6 heteroatoms. The van der Waals surface area contributed by atoms with Crippen LogP contribution in [-0.2, 0) is 0 Å². The van der Waals surface area contributed by atoms with Crippen molar-refractivity contribution in [2.75, 3.05) is 12.4 Å². The number of amides is 1. The van der Waals surface area contributed by atoms with Crippen molar-refractivity contribution >= 4 is 17.3 Å². The first-order valence-corrected chi connectivity index (χ1v) is 7.28. The van der Waals surface area contributed by atoms with Gasteiger partial charge in [0, 0.05) is 24.7 Å². The molecule has 0 heterocycles. The first-order chi connectivity index (χ1) is 10.0. The molecule has 1 aliphatic rings. The van der Waals surface area contributed by atoms with Gasteiger partial charge in [-0.1, -0.05) is 6.92 Å². The van der Waals surface area contributed by atoms with E-state index in [1.165, 1.54) is 12.1 Å². The smallest absolute Gasteiger partial charge is 0.292 e. The molecule has 0 bridgehead atoms. The molecule has 0 saturated heterocycles. The summed E-state index contributed by atoms with van der Waals surface area (Å²) in [5, 5.41) is 16.9. The molecule has 2 N–H and O–H groups in total. The minimum atomic E-state index is -0.415. The standard InChI is InChI=1S/C15H21N3O3/c1-10-3-6-12(7-4-10)17-13-9-11(15(19)16-2)5-8-14(13)18(20)21/h5,8-10,12,17H,3-4,6-7H2,1-2H3,(H,16,19). The molecule has 2 rings (SSSR count). The SMILES string of the molecule is CNC(=O)c1ccc([N+](=O)[O-])c(NC2CCC(C)CC2)c1. The summed E-state index contributed by atoms with van der Waals surface area (Å²) in [6, 6.07) is 4.66. The zero-order valence-electron chi connectivity index (χ0n) is 12.4. The lowest BCUT2D eigenvalue weighted by Gasteiger charge is -2.27. The number of carbonyl (C=O) groups is 1. The van der Waals surface area contributed by atoms with Crippen molar-refractivity contribution in [2.45, 2.75) is 38.6 Å². The van der Waals surface area contributed by atoms with E-state index in [1.54, 1.807) is 13.1 Å². The van der Waals surface area contributed by atoms with Crippen LogP contribution in [0.1, 0.15) is 43.0 Å². The number of hydrogen-bond acceptors (Lipinski definition) is 4. The number of rotatable bonds is 4. The Morgan fingerprint density at radius 2 is 1.95 bits per heavy atom. The van der Waals surface area contributed by atoms with Crippen molar-refractivity contribution in [3.05, 3.63) is 33.9 Å². The van der Waals surface area contributed by atoms with Gasteiger partial charge >= 0.3 is 0 Å². The predicted molar refractivity (Wildman–Crippen MR) is 81.5 cm³/mol. The van der Waals surface area contributed by atoms with E-state index in [4.69, 9.17) is 0 Å². The fourth-order valence-corrected chi connectivity index (χ4v) is 2.72. The summed E-state index contributed by atoms with van der Waals surface area (Å²) in [6.45, 7) is 2.23. The van der Waals surface area contributed by atoms with Crippen LogP contribution in [0, 0.1) is 16.0 Å². The van der Waals surface area contributed by atoms with Gasteiger partial charge in [0.15, 0.2) is 0 Å². The van der Waals surface area contributed by atoms with E-state index >= 15 is 0 Å². The maximum atomic E-state index is 11.7. The Hall–Kier alpha value is -2.11. The van der Waals surface area contributed by atoms with Crippen molar-refractivity contribution in [3.63, 3.8) is 0 Å². The molecule has 1 saturated carbocycles. The Morgan fingerprint density at radius 1 is 1.29 bits per heavy atom. The number of nitrogens with zero attached hydrogens (tertiary/aromatic N) is 1. The van der Waals surface area contributed by atoms with E-state index in [2.05, 4.69) is 17.6 Å². The Kier molecular flexibility index (Phi) is 4.77. The zero-order valence-corrected chi connectivity index (χ0v) is 12.4. The highest BCUT2D eigenvalue weighted by Crippen LogP contribution is 2.30. The van der Waals surface area contributed by atoms with Crippen LogP contribution < -0.4 is 10.6 Å². The summed E-state index contributed by atoms with van der Waals surface area (Å²) in [7, 11) is 1.54. The molecule has 1 fully saturated rings. The fourth-order valence-electron chi connectivity index (χ4n) is 2.72. The van der Waals surface area contributed by atoms with Gasteiger partial charge in [0.25, 0.3) is 11.6 Å². The molecule has 114 valence electrons. The van der Waals surface area contributed by atoms with Gasteiger partial charge in [-0.15, -0.1) is 0 Å². The third kappa shape index (κ3) is 3.71. The average Bonchev–Trinajstić information content (AvgIpc) is 2.48. The Bertz CT molecular complexity index is 537. The van der Waals surface area contributed by atoms with Gasteiger partial charge in [0.1, 0.15) is 5.69 Å². The Balaban J connectivity index is 2.22. The third-order valence-corrected chi connectivity index (χ3v) is 4.06. The molecule has 1 aromatic carbocycles. The largest absolute Gasteiger partial charge is 0.377 e. The van der Waals surface area contributed by atoms with Crippen LogP contribution in [0.25, 0.3) is 0 Å². The Labute approximate surface area is 124 Å². The van der Waals surface area contributed by atoms with Crippen LogP contribution in [0.2, 0.25) is 0 Å². The molecule has 1 aliphatic carbocycles. The van der Waals surface area contributed by atoms with Crippen LogP contribution in [0.3, 0.4) is 0 Å². The first kappa shape index (κ1) is 15.3. The molecule has 0 unspecified atom stereocenters. The first-order valence-electron chi connectivity index (χ1n) is 7.28. The topological polar surface area (TPSA) is 84.3 Å². The lowest BCUT2D eigenvalue weighted by atomic mass is 9.87. The number of benzene rings is 1. The van der Waals surface area contributed by atoms with Gasteiger partial charge in [-0.2, -0.15) is 0 Å². The summed E-state index contributed by atoms with van der Waals surface area (Å²) in [6.07, 6.45) is 4.26. The highest BCUT2D eigenvalue weighted by molar-refractivity contribution is 5.95. The van der Waals surface area contributed by atoms with Crippen molar-refractivity contribution < 1.29 is 9.72 Å². The average molecular weight is 291 g/mol. The Morgan fingerprint density at radius 3 is 2.52 bits per heavy atom. The fraction of sp³-hybridized carbons (Fsp3) is 0.533. The van der Waals surface area contributed by atoms with Crippen LogP contribution in [-0.4, -0.2) is 23.9 Å². The van der Waals surface area contributed by atoms with Crippen LogP contribution >= 0.6 is 0 Å². The molecule has 0 aliphatic heterocycles. The molecule has 21 heavy (non-hydrogen) atoms. The molecular formula is C15H21N3O3. The quantitative estimate of drug-likeness (QED) is 0.660. The maximum Gasteiger partial charge on any atom is 0.292 e. The summed E-state index contributed by atoms with van der Waals surface area (Å²) in [4.78, 5) is 22.4.